The van der Waals surface area contributed by atoms with Crippen LogP contribution in [0.25, 0.3) is 17.0 Å². The van der Waals surface area contributed by atoms with E-state index in [4.69, 9.17) is 4.74 Å². The molecule has 1 aliphatic rings. The molecule has 26 heavy (non-hydrogen) atoms. The first-order valence-corrected chi connectivity index (χ1v) is 9.31. The minimum Gasteiger partial charge on any atom is -0.464 e. The number of benzene rings is 1. The summed E-state index contributed by atoms with van der Waals surface area (Å²) in [5, 5.41) is 0.556. The normalized spacial score (nSPS) is 17.3. The van der Waals surface area contributed by atoms with Gasteiger partial charge in [-0.3, -0.25) is 14.5 Å². The second-order valence-corrected chi connectivity index (χ2v) is 6.86. The van der Waals surface area contributed by atoms with Gasteiger partial charge in [0.1, 0.15) is 6.04 Å². The molecule has 1 fully saturated rings. The van der Waals surface area contributed by atoms with Gasteiger partial charge in [-0.1, -0.05) is 18.2 Å². The first kappa shape index (κ1) is 18.3. The number of fused-ring (bicyclic) bond motifs is 1. The first-order chi connectivity index (χ1) is 12.5. The van der Waals surface area contributed by atoms with Gasteiger partial charge in [0.2, 0.25) is 0 Å². The van der Waals surface area contributed by atoms with E-state index in [-0.39, 0.29) is 6.61 Å². The van der Waals surface area contributed by atoms with Crippen molar-refractivity contribution in [1.82, 2.24) is 9.47 Å². The third kappa shape index (κ3) is 3.14. The zero-order valence-electron chi connectivity index (χ0n) is 14.9. The molecular weight excluding hydrogens is 352 g/mol. The number of ether oxygens (including phenoxy) is 1. The van der Waals surface area contributed by atoms with Gasteiger partial charge in [-0.25, -0.2) is 4.79 Å². The lowest BCUT2D eigenvalue weighted by Crippen LogP contribution is -2.42. The largest absolute Gasteiger partial charge is 0.464 e. The van der Waals surface area contributed by atoms with Crippen LogP contribution in [0.5, 0.6) is 0 Å². The van der Waals surface area contributed by atoms with Crippen LogP contribution in [0.2, 0.25) is 0 Å². The number of thioether (sulfide) groups is 1. The van der Waals surface area contributed by atoms with E-state index in [9.17, 15) is 14.4 Å². The molecule has 3 rings (SSSR count). The quantitative estimate of drug-likeness (QED) is 0.592. The van der Waals surface area contributed by atoms with Crippen LogP contribution in [0.1, 0.15) is 26.3 Å². The third-order valence-electron chi connectivity index (χ3n) is 4.29. The van der Waals surface area contributed by atoms with Crippen LogP contribution in [0.15, 0.2) is 35.4 Å². The van der Waals surface area contributed by atoms with E-state index in [1.54, 1.807) is 13.0 Å². The highest BCUT2D eigenvalue weighted by atomic mass is 32.2. The molecule has 7 heteroatoms. The fourth-order valence-electron chi connectivity index (χ4n) is 2.98. The number of hydrogen-bond donors (Lipinski definition) is 0. The Bertz CT molecular complexity index is 915. The van der Waals surface area contributed by atoms with Crippen LogP contribution in [0, 0.1) is 0 Å². The molecule has 1 atom stereocenters. The Morgan fingerprint density at radius 2 is 2.00 bits per heavy atom. The topological polar surface area (TPSA) is 68.6 Å². The maximum atomic E-state index is 12.7. The summed E-state index contributed by atoms with van der Waals surface area (Å²) in [4.78, 5) is 38.1. The average molecular weight is 372 g/mol. The molecule has 1 aromatic carbocycles. The van der Waals surface area contributed by atoms with E-state index in [0.717, 1.165) is 39.7 Å². The number of rotatable bonds is 5. The number of carbonyl (C=O) groups is 3. The van der Waals surface area contributed by atoms with Crippen LogP contribution in [-0.4, -0.2) is 39.2 Å². The summed E-state index contributed by atoms with van der Waals surface area (Å²) < 4.78 is 7.01. The number of esters is 1. The van der Waals surface area contributed by atoms with Crippen molar-refractivity contribution in [3.05, 3.63) is 40.9 Å². The van der Waals surface area contributed by atoms with Crippen LogP contribution < -0.4 is 0 Å². The van der Waals surface area contributed by atoms with E-state index in [2.05, 4.69) is 4.57 Å². The van der Waals surface area contributed by atoms with Crippen molar-refractivity contribution < 1.29 is 19.1 Å². The highest BCUT2D eigenvalue weighted by molar-refractivity contribution is 8.18. The molecule has 1 saturated heterocycles. The molecule has 0 saturated carbocycles. The van der Waals surface area contributed by atoms with Gasteiger partial charge >= 0.3 is 5.97 Å². The Balaban J connectivity index is 1.95. The van der Waals surface area contributed by atoms with Crippen molar-refractivity contribution in [3.63, 3.8) is 0 Å². The van der Waals surface area contributed by atoms with Gasteiger partial charge in [0, 0.05) is 29.2 Å². The maximum Gasteiger partial charge on any atom is 0.329 e. The number of para-hydroxylation sites is 1. The van der Waals surface area contributed by atoms with E-state index in [1.165, 1.54) is 6.92 Å². The Kier molecular flexibility index (Phi) is 5.18. The molecule has 0 spiro atoms. The molecule has 6 nitrogen and oxygen atoms in total. The summed E-state index contributed by atoms with van der Waals surface area (Å²) in [7, 11) is 0. The van der Waals surface area contributed by atoms with Gasteiger partial charge in [0.15, 0.2) is 0 Å². The molecule has 0 aliphatic carbocycles. The number of amides is 2. The van der Waals surface area contributed by atoms with Crippen molar-refractivity contribution >= 4 is 45.9 Å². The van der Waals surface area contributed by atoms with E-state index >= 15 is 0 Å². The van der Waals surface area contributed by atoms with Gasteiger partial charge in [-0.15, -0.1) is 0 Å². The molecule has 1 unspecified atom stereocenters. The highest BCUT2D eigenvalue weighted by Crippen LogP contribution is 2.35. The SMILES string of the molecule is CCOC(=O)C(C)N1C(=O)S/C(=C/c2cn(CC)c3ccccc23)C1=O. The maximum absolute atomic E-state index is 12.7. The minimum atomic E-state index is -0.940. The second-order valence-electron chi connectivity index (χ2n) is 5.87. The fraction of sp³-hybridized carbons (Fsp3) is 0.316. The predicted octanol–water partition coefficient (Wildman–Crippen LogP) is 3.65. The summed E-state index contributed by atoms with van der Waals surface area (Å²) in [5.74, 6) is -1.05. The van der Waals surface area contributed by atoms with E-state index in [0.29, 0.717) is 4.91 Å². The molecule has 2 amide bonds. The van der Waals surface area contributed by atoms with Gasteiger partial charge in [-0.2, -0.15) is 0 Å². The molecule has 0 N–H and O–H groups in total. The Morgan fingerprint density at radius 1 is 1.27 bits per heavy atom. The molecule has 2 heterocycles. The van der Waals surface area contributed by atoms with Crippen molar-refractivity contribution in [2.75, 3.05) is 6.61 Å². The van der Waals surface area contributed by atoms with Crippen molar-refractivity contribution in [2.24, 2.45) is 0 Å². The van der Waals surface area contributed by atoms with Crippen LogP contribution in [0.4, 0.5) is 4.79 Å². The van der Waals surface area contributed by atoms with E-state index in [1.807, 2.05) is 37.4 Å². The zero-order chi connectivity index (χ0) is 18.8. The standard InChI is InChI=1S/C19H20N2O4S/c1-4-20-11-13(14-8-6-7-9-15(14)20)10-16-17(22)21(19(24)26-16)12(3)18(23)25-5-2/h6-12H,4-5H2,1-3H3/b16-10+. The highest BCUT2D eigenvalue weighted by Gasteiger charge is 2.41. The second kappa shape index (κ2) is 7.37. The molecular formula is C19H20N2O4S. The number of nitrogens with zero attached hydrogens (tertiary/aromatic N) is 2. The third-order valence-corrected chi connectivity index (χ3v) is 5.17. The lowest BCUT2D eigenvalue weighted by molar-refractivity contribution is -0.150. The summed E-state index contributed by atoms with van der Waals surface area (Å²) in [6.45, 7) is 6.23. The average Bonchev–Trinajstić information content (AvgIpc) is 3.12. The lowest BCUT2D eigenvalue weighted by Gasteiger charge is -2.19. The van der Waals surface area contributed by atoms with Gasteiger partial charge in [0.25, 0.3) is 11.1 Å². The van der Waals surface area contributed by atoms with Crippen molar-refractivity contribution in [2.45, 2.75) is 33.4 Å². The number of imide groups is 1. The Hall–Kier alpha value is -2.54. The van der Waals surface area contributed by atoms with Crippen molar-refractivity contribution in [3.8, 4) is 0 Å². The zero-order valence-corrected chi connectivity index (χ0v) is 15.7. The first-order valence-electron chi connectivity index (χ1n) is 8.49. The minimum absolute atomic E-state index is 0.200. The molecule has 1 aliphatic heterocycles. The van der Waals surface area contributed by atoms with Crippen molar-refractivity contribution in [1.29, 1.82) is 0 Å². The van der Waals surface area contributed by atoms with Crippen LogP contribution >= 0.6 is 11.8 Å². The van der Waals surface area contributed by atoms with Gasteiger partial charge in [-0.05, 0) is 44.7 Å². The predicted molar refractivity (Wildman–Crippen MR) is 102 cm³/mol. The number of aryl methyl sites for hydroxylation is 1. The van der Waals surface area contributed by atoms with E-state index < -0.39 is 23.2 Å². The lowest BCUT2D eigenvalue weighted by atomic mass is 10.1. The summed E-state index contributed by atoms with van der Waals surface area (Å²) in [5.41, 5.74) is 1.94. The molecule has 136 valence electrons. The smallest absolute Gasteiger partial charge is 0.329 e. The van der Waals surface area contributed by atoms with Gasteiger partial charge < -0.3 is 9.30 Å². The Labute approximate surface area is 155 Å². The molecule has 2 aromatic rings. The van der Waals surface area contributed by atoms with Gasteiger partial charge in [0.05, 0.1) is 11.5 Å². The van der Waals surface area contributed by atoms with Crippen LogP contribution in [0.3, 0.4) is 0 Å². The summed E-state index contributed by atoms with van der Waals surface area (Å²) in [6.07, 6.45) is 3.69. The Morgan fingerprint density at radius 3 is 2.69 bits per heavy atom. The number of hydrogen-bond acceptors (Lipinski definition) is 5. The molecule has 0 bridgehead atoms. The molecule has 0 radical (unpaired) electrons. The fourth-order valence-corrected chi connectivity index (χ4v) is 3.87. The van der Waals surface area contributed by atoms with Crippen LogP contribution in [-0.2, 0) is 20.9 Å². The molecule has 1 aromatic heterocycles. The monoisotopic (exact) mass is 372 g/mol. The summed E-state index contributed by atoms with van der Waals surface area (Å²) >= 11 is 0.847. The number of carbonyl (C=O) groups excluding carboxylic acids is 3. The number of aromatic nitrogens is 1. The summed E-state index contributed by atoms with van der Waals surface area (Å²) in [6, 6.07) is 6.97.